The molecule has 6 nitrogen and oxygen atoms in total. The number of alkyl halides is 3. The maximum atomic E-state index is 12.8. The summed E-state index contributed by atoms with van der Waals surface area (Å²) in [5.41, 5.74) is -1.11. The van der Waals surface area contributed by atoms with Crippen molar-refractivity contribution in [2.24, 2.45) is 0 Å². The Balaban J connectivity index is 1.84. The van der Waals surface area contributed by atoms with Crippen LogP contribution in [-0.2, 0) is 25.9 Å². The van der Waals surface area contributed by atoms with Crippen LogP contribution >= 0.6 is 0 Å². The number of carbonyl (C=O) groups excluding carboxylic acids is 1. The van der Waals surface area contributed by atoms with Crippen molar-refractivity contribution in [1.29, 1.82) is 0 Å². The average Bonchev–Trinajstić information content (AvgIpc) is 3.02. The van der Waals surface area contributed by atoms with Gasteiger partial charge in [-0.2, -0.15) is 13.2 Å². The molecule has 1 aliphatic heterocycles. The molecule has 1 saturated heterocycles. The standard InChI is InChI=1S/C18H16F3NO5S2/c19-18(20,21)13-4-2-5-14(10-13)22-17(23)12-3-1-6-15(9-12)29(26,27)16-7-8-28(24,25)11-16/h1-6,9-10,16H,7-8,11H2,(H,22,23)/t16-/m0/s1. The quantitative estimate of drug-likeness (QED) is 0.777. The lowest BCUT2D eigenvalue weighted by molar-refractivity contribution is -0.137. The van der Waals surface area contributed by atoms with E-state index in [1.54, 1.807) is 0 Å². The number of carbonyl (C=O) groups is 1. The first-order chi connectivity index (χ1) is 13.4. The number of hydrogen-bond donors (Lipinski definition) is 1. The van der Waals surface area contributed by atoms with Crippen LogP contribution in [0.2, 0.25) is 0 Å². The van der Waals surface area contributed by atoms with Crippen molar-refractivity contribution in [2.45, 2.75) is 22.7 Å². The van der Waals surface area contributed by atoms with Crippen molar-refractivity contribution in [1.82, 2.24) is 0 Å². The first-order valence-electron chi connectivity index (χ1n) is 8.41. The minimum Gasteiger partial charge on any atom is -0.322 e. The molecule has 156 valence electrons. The Morgan fingerprint density at radius 1 is 1.07 bits per heavy atom. The minimum atomic E-state index is -4.57. The second-order valence-corrected chi connectivity index (χ2v) is 11.1. The molecule has 2 aromatic carbocycles. The number of amides is 1. The number of sulfone groups is 2. The molecule has 0 bridgehead atoms. The fraction of sp³-hybridized carbons (Fsp3) is 0.278. The predicted octanol–water partition coefficient (Wildman–Crippen LogP) is 2.92. The lowest BCUT2D eigenvalue weighted by Gasteiger charge is -2.12. The van der Waals surface area contributed by atoms with E-state index in [-0.39, 0.29) is 28.3 Å². The summed E-state index contributed by atoms with van der Waals surface area (Å²) in [5.74, 6) is -1.48. The predicted molar refractivity (Wildman–Crippen MR) is 100 cm³/mol. The molecule has 1 aliphatic rings. The molecule has 3 rings (SSSR count). The van der Waals surface area contributed by atoms with E-state index in [1.807, 2.05) is 0 Å². The van der Waals surface area contributed by atoms with Gasteiger partial charge in [-0.05, 0) is 42.8 Å². The van der Waals surface area contributed by atoms with Crippen molar-refractivity contribution in [3.8, 4) is 0 Å². The van der Waals surface area contributed by atoms with E-state index < -0.39 is 48.3 Å². The van der Waals surface area contributed by atoms with Gasteiger partial charge in [-0.3, -0.25) is 4.79 Å². The molecule has 0 saturated carbocycles. The number of anilines is 1. The first kappa shape index (κ1) is 21.3. The van der Waals surface area contributed by atoms with Gasteiger partial charge < -0.3 is 5.32 Å². The van der Waals surface area contributed by atoms with Crippen molar-refractivity contribution in [2.75, 3.05) is 16.8 Å². The number of halogens is 3. The normalized spacial score (nSPS) is 19.1. The first-order valence-corrected chi connectivity index (χ1v) is 11.8. The highest BCUT2D eigenvalue weighted by atomic mass is 32.2. The van der Waals surface area contributed by atoms with E-state index in [0.29, 0.717) is 0 Å². The van der Waals surface area contributed by atoms with Gasteiger partial charge in [0, 0.05) is 11.3 Å². The Hall–Kier alpha value is -2.40. The molecule has 1 N–H and O–H groups in total. The largest absolute Gasteiger partial charge is 0.416 e. The van der Waals surface area contributed by atoms with Gasteiger partial charge in [-0.15, -0.1) is 0 Å². The lowest BCUT2D eigenvalue weighted by atomic mass is 10.1. The van der Waals surface area contributed by atoms with Gasteiger partial charge in [0.2, 0.25) is 0 Å². The Bertz CT molecular complexity index is 1160. The molecule has 1 amide bonds. The van der Waals surface area contributed by atoms with Crippen LogP contribution in [0.5, 0.6) is 0 Å². The van der Waals surface area contributed by atoms with Gasteiger partial charge in [0.1, 0.15) is 0 Å². The molecule has 2 aromatic rings. The molecule has 0 aliphatic carbocycles. The molecule has 11 heteroatoms. The van der Waals surface area contributed by atoms with Gasteiger partial charge in [-0.25, -0.2) is 16.8 Å². The van der Waals surface area contributed by atoms with Crippen molar-refractivity contribution < 1.29 is 34.8 Å². The zero-order chi connectivity index (χ0) is 21.4. The fourth-order valence-corrected chi connectivity index (χ4v) is 7.39. The summed E-state index contributed by atoms with van der Waals surface area (Å²) in [6.45, 7) is 0. The van der Waals surface area contributed by atoms with Crippen LogP contribution in [0.1, 0.15) is 22.3 Å². The Morgan fingerprint density at radius 2 is 1.76 bits per heavy atom. The van der Waals surface area contributed by atoms with Crippen LogP contribution in [0.15, 0.2) is 53.4 Å². The summed E-state index contributed by atoms with van der Waals surface area (Å²) in [6.07, 6.45) is -4.60. The van der Waals surface area contributed by atoms with E-state index in [1.165, 1.54) is 24.3 Å². The summed E-state index contributed by atoms with van der Waals surface area (Å²) in [7, 11) is -7.39. The molecule has 0 unspecified atom stereocenters. The molecular formula is C18H16F3NO5S2. The van der Waals surface area contributed by atoms with E-state index in [9.17, 15) is 34.8 Å². The molecular weight excluding hydrogens is 431 g/mol. The highest BCUT2D eigenvalue weighted by molar-refractivity contribution is 7.96. The second kappa shape index (κ2) is 7.45. The third-order valence-corrected chi connectivity index (χ3v) is 8.67. The van der Waals surface area contributed by atoms with Gasteiger partial charge in [0.25, 0.3) is 5.91 Å². The van der Waals surface area contributed by atoms with Crippen molar-refractivity contribution >= 4 is 31.3 Å². The highest BCUT2D eigenvalue weighted by Gasteiger charge is 2.38. The second-order valence-electron chi connectivity index (χ2n) is 6.63. The van der Waals surface area contributed by atoms with E-state index in [0.717, 1.165) is 24.3 Å². The van der Waals surface area contributed by atoms with Gasteiger partial charge in [0.15, 0.2) is 19.7 Å². The molecule has 0 aromatic heterocycles. The van der Waals surface area contributed by atoms with E-state index in [4.69, 9.17) is 0 Å². The van der Waals surface area contributed by atoms with Crippen molar-refractivity contribution in [3.05, 3.63) is 59.7 Å². The SMILES string of the molecule is O=C(Nc1cccc(C(F)(F)F)c1)c1cccc(S(=O)(=O)[C@H]2CCS(=O)(=O)C2)c1. The summed E-state index contributed by atoms with van der Waals surface area (Å²) in [4.78, 5) is 12.2. The van der Waals surface area contributed by atoms with Crippen LogP contribution < -0.4 is 5.32 Å². The highest BCUT2D eigenvalue weighted by Crippen LogP contribution is 2.31. The van der Waals surface area contributed by atoms with Gasteiger partial charge in [0.05, 0.1) is 27.2 Å². The minimum absolute atomic E-state index is 0.0225. The van der Waals surface area contributed by atoms with Gasteiger partial charge in [-0.1, -0.05) is 12.1 Å². The summed E-state index contributed by atoms with van der Waals surface area (Å²) in [6, 6.07) is 9.01. The van der Waals surface area contributed by atoms with E-state index >= 15 is 0 Å². The van der Waals surface area contributed by atoms with Crippen LogP contribution in [0.3, 0.4) is 0 Å². The van der Waals surface area contributed by atoms with Crippen molar-refractivity contribution in [3.63, 3.8) is 0 Å². The maximum Gasteiger partial charge on any atom is 0.416 e. The van der Waals surface area contributed by atoms with Gasteiger partial charge >= 0.3 is 6.18 Å². The monoisotopic (exact) mass is 447 g/mol. The number of nitrogens with one attached hydrogen (secondary N) is 1. The average molecular weight is 447 g/mol. The molecule has 1 atom stereocenters. The van der Waals surface area contributed by atoms with Crippen LogP contribution in [0.25, 0.3) is 0 Å². The Morgan fingerprint density at radius 3 is 2.38 bits per heavy atom. The number of benzene rings is 2. The van der Waals surface area contributed by atoms with Crippen LogP contribution in [0, 0.1) is 0 Å². The molecule has 0 radical (unpaired) electrons. The molecule has 1 fully saturated rings. The summed E-state index contributed by atoms with van der Waals surface area (Å²) >= 11 is 0. The zero-order valence-electron chi connectivity index (χ0n) is 14.8. The fourth-order valence-electron chi connectivity index (χ4n) is 2.99. The van der Waals surface area contributed by atoms with Crippen LogP contribution in [0.4, 0.5) is 18.9 Å². The summed E-state index contributed by atoms with van der Waals surface area (Å²) in [5, 5.41) is 1.21. The smallest absolute Gasteiger partial charge is 0.322 e. The Kier molecular flexibility index (Phi) is 5.48. The number of hydrogen-bond acceptors (Lipinski definition) is 5. The lowest BCUT2D eigenvalue weighted by Crippen LogP contribution is -2.23. The molecule has 29 heavy (non-hydrogen) atoms. The zero-order valence-corrected chi connectivity index (χ0v) is 16.4. The third-order valence-electron chi connectivity index (χ3n) is 4.50. The molecule has 1 heterocycles. The maximum absolute atomic E-state index is 12.8. The molecule has 0 spiro atoms. The Labute approximate surface area is 165 Å². The van der Waals surface area contributed by atoms with E-state index in [2.05, 4.69) is 5.32 Å². The number of rotatable bonds is 4. The summed E-state index contributed by atoms with van der Waals surface area (Å²) < 4.78 is 86.9. The van der Waals surface area contributed by atoms with Crippen LogP contribution in [-0.4, -0.2) is 39.5 Å². The topological polar surface area (TPSA) is 97.4 Å². The third kappa shape index (κ3) is 4.78.